The van der Waals surface area contributed by atoms with Crippen molar-refractivity contribution >= 4 is 0 Å². The maximum Gasteiger partial charge on any atom is 0.275 e. The summed E-state index contributed by atoms with van der Waals surface area (Å²) in [6.07, 6.45) is 0.528. The summed E-state index contributed by atoms with van der Waals surface area (Å²) in [6, 6.07) is -0.640. The number of hydrogen-bond donors (Lipinski definition) is 1. The Hall–Kier alpha value is -0.220. The lowest BCUT2D eigenvalue weighted by Crippen LogP contribution is -2.55. The third kappa shape index (κ3) is 1.87. The maximum atomic E-state index is 13.0. The summed E-state index contributed by atoms with van der Waals surface area (Å²) in [5.41, 5.74) is 0. The minimum atomic E-state index is -2.57. The monoisotopic (exact) mass is 164 g/mol. The normalized spacial score (nSPS) is 32.2. The van der Waals surface area contributed by atoms with E-state index in [9.17, 15) is 8.78 Å². The summed E-state index contributed by atoms with van der Waals surface area (Å²) in [6.45, 7) is 0.625. The van der Waals surface area contributed by atoms with Gasteiger partial charge in [-0.3, -0.25) is 0 Å². The van der Waals surface area contributed by atoms with Crippen molar-refractivity contribution in [1.29, 1.82) is 0 Å². The average molecular weight is 164 g/mol. The highest BCUT2D eigenvalue weighted by atomic mass is 19.3. The van der Waals surface area contributed by atoms with E-state index >= 15 is 0 Å². The fraction of sp³-hybridized carbons (Fsp3) is 1.00. The number of likely N-dealkylation sites (tertiary alicyclic amines) is 1. The van der Waals surface area contributed by atoms with E-state index in [0.29, 0.717) is 6.42 Å². The fourth-order valence-electron chi connectivity index (χ4n) is 1.47. The van der Waals surface area contributed by atoms with Crippen LogP contribution in [0, 0.1) is 0 Å². The molecular weight excluding hydrogens is 150 g/mol. The molecule has 0 radical (unpaired) electrons. The van der Waals surface area contributed by atoms with Crippen molar-refractivity contribution in [3.63, 3.8) is 0 Å². The highest BCUT2D eigenvalue weighted by Gasteiger charge is 2.42. The van der Waals surface area contributed by atoms with Crippen LogP contribution < -0.4 is 5.32 Å². The molecule has 1 unspecified atom stereocenters. The second-order valence-corrected chi connectivity index (χ2v) is 3.13. The van der Waals surface area contributed by atoms with E-state index in [1.165, 1.54) is 0 Å². The van der Waals surface area contributed by atoms with Crippen LogP contribution >= 0.6 is 0 Å². The van der Waals surface area contributed by atoms with E-state index in [2.05, 4.69) is 5.32 Å². The van der Waals surface area contributed by atoms with Crippen LogP contribution in [-0.4, -0.2) is 44.0 Å². The van der Waals surface area contributed by atoms with E-state index in [1.807, 2.05) is 0 Å². The van der Waals surface area contributed by atoms with Crippen molar-refractivity contribution in [3.8, 4) is 0 Å². The number of hydrogen-bond acceptors (Lipinski definition) is 2. The summed E-state index contributed by atoms with van der Waals surface area (Å²) in [4.78, 5) is 1.66. The van der Waals surface area contributed by atoms with E-state index < -0.39 is 12.0 Å². The predicted octanol–water partition coefficient (Wildman–Crippen LogP) is 0.545. The van der Waals surface area contributed by atoms with Crippen LogP contribution in [0.1, 0.15) is 6.42 Å². The van der Waals surface area contributed by atoms with Gasteiger partial charge in [0.1, 0.15) is 0 Å². The molecular formula is C7H14F2N2. The highest BCUT2D eigenvalue weighted by Crippen LogP contribution is 2.25. The zero-order valence-electron chi connectivity index (χ0n) is 6.90. The molecule has 1 saturated heterocycles. The minimum Gasteiger partial charge on any atom is -0.312 e. The van der Waals surface area contributed by atoms with Crippen molar-refractivity contribution in [2.24, 2.45) is 0 Å². The number of alkyl halides is 2. The van der Waals surface area contributed by atoms with Gasteiger partial charge in [-0.1, -0.05) is 0 Å². The van der Waals surface area contributed by atoms with Gasteiger partial charge in [0.25, 0.3) is 5.92 Å². The van der Waals surface area contributed by atoms with Crippen LogP contribution in [0.5, 0.6) is 0 Å². The molecule has 1 N–H and O–H groups in total. The van der Waals surface area contributed by atoms with Crippen LogP contribution in [0.4, 0.5) is 8.78 Å². The first-order chi connectivity index (χ1) is 5.06. The fourth-order valence-corrected chi connectivity index (χ4v) is 1.47. The van der Waals surface area contributed by atoms with Crippen molar-refractivity contribution < 1.29 is 8.78 Å². The first-order valence-electron chi connectivity index (χ1n) is 3.80. The van der Waals surface area contributed by atoms with Crippen LogP contribution in [0.25, 0.3) is 0 Å². The van der Waals surface area contributed by atoms with Crippen molar-refractivity contribution in [1.82, 2.24) is 10.2 Å². The summed E-state index contributed by atoms with van der Waals surface area (Å²) in [5.74, 6) is -2.57. The van der Waals surface area contributed by atoms with Gasteiger partial charge in [-0.15, -0.1) is 0 Å². The Bertz CT molecular complexity index is 138. The van der Waals surface area contributed by atoms with Gasteiger partial charge in [-0.05, 0) is 27.1 Å². The second-order valence-electron chi connectivity index (χ2n) is 3.13. The Kier molecular flexibility index (Phi) is 2.44. The lowest BCUT2D eigenvalue weighted by atomic mass is 10.0. The van der Waals surface area contributed by atoms with Crippen LogP contribution in [0.2, 0.25) is 0 Å². The van der Waals surface area contributed by atoms with Crippen LogP contribution in [0.15, 0.2) is 0 Å². The SMILES string of the molecule is CNC1CCN(C)CC1(F)F. The highest BCUT2D eigenvalue weighted by molar-refractivity contribution is 4.89. The molecule has 4 heteroatoms. The lowest BCUT2D eigenvalue weighted by molar-refractivity contribution is -0.0822. The third-order valence-corrected chi connectivity index (χ3v) is 2.14. The molecule has 0 saturated carbocycles. The quantitative estimate of drug-likeness (QED) is 0.608. The van der Waals surface area contributed by atoms with Gasteiger partial charge in [-0.2, -0.15) is 0 Å². The minimum absolute atomic E-state index is 0.126. The molecule has 1 aliphatic rings. The van der Waals surface area contributed by atoms with Crippen LogP contribution in [0.3, 0.4) is 0 Å². The third-order valence-electron chi connectivity index (χ3n) is 2.14. The molecule has 1 aliphatic heterocycles. The zero-order valence-corrected chi connectivity index (χ0v) is 6.90. The molecule has 0 amide bonds. The molecule has 0 aromatic heterocycles. The number of piperidine rings is 1. The summed E-state index contributed by atoms with van der Waals surface area (Å²) < 4.78 is 26.0. The van der Waals surface area contributed by atoms with Gasteiger partial charge in [0.15, 0.2) is 0 Å². The Balaban J connectivity index is 2.56. The Morgan fingerprint density at radius 3 is 2.64 bits per heavy atom. The molecule has 0 spiro atoms. The number of halogens is 2. The van der Waals surface area contributed by atoms with Crippen LogP contribution in [-0.2, 0) is 0 Å². The average Bonchev–Trinajstić information content (AvgIpc) is 1.85. The lowest BCUT2D eigenvalue weighted by Gasteiger charge is -2.36. The molecule has 0 bridgehead atoms. The van der Waals surface area contributed by atoms with Gasteiger partial charge >= 0.3 is 0 Å². The van der Waals surface area contributed by atoms with E-state index in [-0.39, 0.29) is 6.54 Å². The van der Waals surface area contributed by atoms with E-state index in [0.717, 1.165) is 6.54 Å². The largest absolute Gasteiger partial charge is 0.312 e. The molecule has 0 aromatic carbocycles. The predicted molar refractivity (Wildman–Crippen MR) is 39.9 cm³/mol. The Morgan fingerprint density at radius 2 is 2.18 bits per heavy atom. The van der Waals surface area contributed by atoms with Crippen molar-refractivity contribution in [2.75, 3.05) is 27.2 Å². The molecule has 0 aromatic rings. The van der Waals surface area contributed by atoms with Crippen molar-refractivity contribution in [2.45, 2.75) is 18.4 Å². The smallest absolute Gasteiger partial charge is 0.275 e. The van der Waals surface area contributed by atoms with Crippen molar-refractivity contribution in [3.05, 3.63) is 0 Å². The van der Waals surface area contributed by atoms with Gasteiger partial charge in [-0.25, -0.2) is 8.78 Å². The van der Waals surface area contributed by atoms with Gasteiger partial charge in [0.2, 0.25) is 0 Å². The summed E-state index contributed by atoms with van der Waals surface area (Å²) in [7, 11) is 3.31. The molecule has 66 valence electrons. The first kappa shape index (κ1) is 8.87. The zero-order chi connectivity index (χ0) is 8.48. The first-order valence-corrected chi connectivity index (χ1v) is 3.80. The molecule has 1 rings (SSSR count). The Labute approximate surface area is 65.6 Å². The van der Waals surface area contributed by atoms with Gasteiger partial charge < -0.3 is 10.2 Å². The molecule has 0 aliphatic carbocycles. The molecule has 1 heterocycles. The number of rotatable bonds is 1. The van der Waals surface area contributed by atoms with Gasteiger partial charge in [0, 0.05) is 0 Å². The standard InChI is InChI=1S/C7H14F2N2/c1-10-6-3-4-11(2)5-7(6,8)9/h6,10H,3-5H2,1-2H3. The van der Waals surface area contributed by atoms with E-state index in [1.54, 1.807) is 19.0 Å². The molecule has 11 heavy (non-hydrogen) atoms. The summed E-state index contributed by atoms with van der Waals surface area (Å²) >= 11 is 0. The topological polar surface area (TPSA) is 15.3 Å². The Morgan fingerprint density at radius 1 is 1.55 bits per heavy atom. The van der Waals surface area contributed by atoms with Gasteiger partial charge in [0.05, 0.1) is 12.6 Å². The number of nitrogens with one attached hydrogen (secondary N) is 1. The second kappa shape index (κ2) is 3.03. The molecule has 1 fully saturated rings. The van der Waals surface area contributed by atoms with E-state index in [4.69, 9.17) is 0 Å². The maximum absolute atomic E-state index is 13.0. The summed E-state index contributed by atoms with van der Waals surface area (Å²) in [5, 5.41) is 2.64. The molecule has 2 nitrogen and oxygen atoms in total. The molecule has 1 atom stereocenters. The number of nitrogens with zero attached hydrogens (tertiary/aromatic N) is 1.